The molecule has 0 aliphatic carbocycles. The fourth-order valence-corrected chi connectivity index (χ4v) is 9.66. The molecule has 306 valence electrons. The van der Waals surface area contributed by atoms with Gasteiger partial charge in [0.15, 0.2) is 5.82 Å². The first-order valence-corrected chi connectivity index (χ1v) is 21.9. The van der Waals surface area contributed by atoms with Gasteiger partial charge in [-0.1, -0.05) is 152 Å². The minimum Gasteiger partial charge on any atom is -0.309 e. The van der Waals surface area contributed by atoms with Crippen molar-refractivity contribution in [2.75, 3.05) is 0 Å². The Morgan fingerprint density at radius 3 is 1.36 bits per heavy atom. The van der Waals surface area contributed by atoms with Crippen molar-refractivity contribution in [3.05, 3.63) is 230 Å². The van der Waals surface area contributed by atoms with Gasteiger partial charge in [0, 0.05) is 66.2 Å². The van der Waals surface area contributed by atoms with Gasteiger partial charge in [-0.2, -0.15) is 10.5 Å². The Bertz CT molecular complexity index is 3810. The monoisotopic (exact) mass is 840 g/mol. The Morgan fingerprint density at radius 1 is 0.333 bits per heavy atom. The van der Waals surface area contributed by atoms with Crippen molar-refractivity contribution < 1.29 is 0 Å². The summed E-state index contributed by atoms with van der Waals surface area (Å²) in [5.74, 6) is 0.592. The van der Waals surface area contributed by atoms with E-state index in [1.807, 2.05) is 109 Å². The predicted molar refractivity (Wildman–Crippen MR) is 267 cm³/mol. The molecular weight excluding hydrogens is 805 g/mol. The van der Waals surface area contributed by atoms with Gasteiger partial charge < -0.3 is 9.13 Å². The van der Waals surface area contributed by atoms with Crippen molar-refractivity contribution in [1.82, 2.24) is 19.1 Å². The summed E-state index contributed by atoms with van der Waals surface area (Å²) in [6.45, 7) is 0. The van der Waals surface area contributed by atoms with Crippen LogP contribution in [-0.4, -0.2) is 19.1 Å². The summed E-state index contributed by atoms with van der Waals surface area (Å²) in [7, 11) is 0. The maximum absolute atomic E-state index is 10.8. The molecule has 0 amide bonds. The van der Waals surface area contributed by atoms with Gasteiger partial charge in [-0.3, -0.25) is 0 Å². The molecule has 66 heavy (non-hydrogen) atoms. The molecule has 6 nitrogen and oxygen atoms in total. The number of nitriles is 2. The van der Waals surface area contributed by atoms with Gasteiger partial charge >= 0.3 is 0 Å². The number of rotatable bonds is 7. The van der Waals surface area contributed by atoms with Gasteiger partial charge in [0.1, 0.15) is 0 Å². The summed E-state index contributed by atoms with van der Waals surface area (Å²) in [5, 5.41) is 26.2. The molecule has 0 atom stereocenters. The average Bonchev–Trinajstić information content (AvgIpc) is 3.89. The Labute approximate surface area is 380 Å². The van der Waals surface area contributed by atoms with Crippen LogP contribution in [-0.2, 0) is 0 Å². The molecule has 0 fully saturated rings. The Balaban J connectivity index is 1.25. The lowest BCUT2D eigenvalue weighted by atomic mass is 9.88. The molecule has 0 spiro atoms. The Kier molecular flexibility index (Phi) is 9.16. The standard InChI is InChI=1S/C60H36N6/c61-37-41-22-10-12-26-45(41)51-32-43(54-35-53(39-18-4-1-5-19-39)63-60(64-54)40-20-6-2-7-21-40)33-52(46-27-13-11-23-42(46)38-62)59(51)66-56-31-17-15-29-48(56)50-34-49-47-28-14-16-30-55(47)65(57(49)36-58(50)66)44-24-8-3-9-25-44/h1-36H. The maximum atomic E-state index is 10.8. The molecule has 0 saturated heterocycles. The molecule has 0 saturated carbocycles. The highest BCUT2D eigenvalue weighted by molar-refractivity contribution is 6.20. The topological polar surface area (TPSA) is 83.2 Å². The van der Waals surface area contributed by atoms with E-state index in [0.29, 0.717) is 22.6 Å². The van der Waals surface area contributed by atoms with Gasteiger partial charge in [-0.25, -0.2) is 9.97 Å². The molecule has 12 rings (SSSR count). The number of para-hydroxylation sites is 3. The van der Waals surface area contributed by atoms with Gasteiger partial charge in [-0.05, 0) is 66.7 Å². The van der Waals surface area contributed by atoms with Gasteiger partial charge in [-0.15, -0.1) is 0 Å². The van der Waals surface area contributed by atoms with Crippen LogP contribution in [0, 0.1) is 22.7 Å². The molecule has 9 aromatic carbocycles. The van der Waals surface area contributed by atoms with Crippen LogP contribution in [0.4, 0.5) is 0 Å². The number of hydrogen-bond donors (Lipinski definition) is 0. The Hall–Kier alpha value is -9.36. The zero-order valence-corrected chi connectivity index (χ0v) is 35.5. The third-order valence-corrected chi connectivity index (χ3v) is 12.6. The zero-order chi connectivity index (χ0) is 44.1. The van der Waals surface area contributed by atoms with Crippen molar-refractivity contribution >= 4 is 43.6 Å². The second kappa shape index (κ2) is 15.8. The van der Waals surface area contributed by atoms with Gasteiger partial charge in [0.25, 0.3) is 0 Å². The third kappa shape index (κ3) is 6.25. The van der Waals surface area contributed by atoms with E-state index in [-0.39, 0.29) is 0 Å². The summed E-state index contributed by atoms with van der Waals surface area (Å²) in [6.07, 6.45) is 0. The second-order valence-corrected chi connectivity index (χ2v) is 16.4. The molecule has 0 radical (unpaired) electrons. The predicted octanol–water partition coefficient (Wildman–Crippen LogP) is 14.7. The second-order valence-electron chi connectivity index (χ2n) is 16.4. The van der Waals surface area contributed by atoms with Crippen LogP contribution in [0.5, 0.6) is 0 Å². The minimum atomic E-state index is 0.528. The first-order chi connectivity index (χ1) is 32.7. The van der Waals surface area contributed by atoms with E-state index in [2.05, 4.69) is 130 Å². The molecule has 0 N–H and O–H groups in total. The van der Waals surface area contributed by atoms with E-state index in [1.165, 1.54) is 5.39 Å². The van der Waals surface area contributed by atoms with Crippen molar-refractivity contribution in [2.45, 2.75) is 0 Å². The van der Waals surface area contributed by atoms with Crippen molar-refractivity contribution in [2.24, 2.45) is 0 Å². The summed E-state index contributed by atoms with van der Waals surface area (Å²) in [5.41, 5.74) is 14.5. The maximum Gasteiger partial charge on any atom is 0.160 e. The number of aromatic nitrogens is 4. The van der Waals surface area contributed by atoms with E-state index in [1.54, 1.807) is 0 Å². The van der Waals surface area contributed by atoms with Crippen molar-refractivity contribution in [3.8, 4) is 79.7 Å². The highest BCUT2D eigenvalue weighted by Gasteiger charge is 2.26. The number of fused-ring (bicyclic) bond motifs is 6. The molecular formula is C60H36N6. The van der Waals surface area contributed by atoms with Crippen molar-refractivity contribution in [3.63, 3.8) is 0 Å². The average molecular weight is 841 g/mol. The third-order valence-electron chi connectivity index (χ3n) is 12.6. The molecule has 0 bridgehead atoms. The van der Waals surface area contributed by atoms with Crippen LogP contribution in [0.1, 0.15) is 11.1 Å². The lowest BCUT2D eigenvalue weighted by Crippen LogP contribution is -2.04. The molecule has 12 aromatic rings. The normalized spacial score (nSPS) is 11.3. The molecule has 0 unspecified atom stereocenters. The summed E-state index contributed by atoms with van der Waals surface area (Å²) < 4.78 is 4.69. The largest absolute Gasteiger partial charge is 0.309 e. The van der Waals surface area contributed by atoms with E-state index >= 15 is 0 Å². The first kappa shape index (κ1) is 38.3. The van der Waals surface area contributed by atoms with E-state index < -0.39 is 0 Å². The van der Waals surface area contributed by atoms with Crippen LogP contribution in [0.25, 0.3) is 111 Å². The lowest BCUT2D eigenvalue weighted by molar-refractivity contribution is 1.16. The molecule has 3 heterocycles. The fraction of sp³-hybridized carbons (Fsp3) is 0. The van der Waals surface area contributed by atoms with Crippen LogP contribution in [0.2, 0.25) is 0 Å². The highest BCUT2D eigenvalue weighted by Crippen LogP contribution is 2.47. The quantitative estimate of drug-likeness (QED) is 0.160. The zero-order valence-electron chi connectivity index (χ0n) is 35.5. The fourth-order valence-electron chi connectivity index (χ4n) is 9.66. The molecule has 3 aromatic heterocycles. The minimum absolute atomic E-state index is 0.528. The van der Waals surface area contributed by atoms with E-state index in [4.69, 9.17) is 9.97 Å². The number of benzene rings is 9. The van der Waals surface area contributed by atoms with Crippen LogP contribution in [0.3, 0.4) is 0 Å². The summed E-state index contributed by atoms with van der Waals surface area (Å²) in [4.78, 5) is 10.4. The number of hydrogen-bond acceptors (Lipinski definition) is 4. The summed E-state index contributed by atoms with van der Waals surface area (Å²) >= 11 is 0. The van der Waals surface area contributed by atoms with Crippen LogP contribution < -0.4 is 0 Å². The van der Waals surface area contributed by atoms with Crippen LogP contribution >= 0.6 is 0 Å². The number of nitrogens with zero attached hydrogens (tertiary/aromatic N) is 6. The molecule has 0 aliphatic heterocycles. The highest BCUT2D eigenvalue weighted by atomic mass is 15.0. The first-order valence-electron chi connectivity index (χ1n) is 21.9. The SMILES string of the molecule is N#Cc1ccccc1-c1cc(-c2cc(-c3ccccc3)nc(-c3ccccc3)n2)cc(-c2ccccc2C#N)c1-n1c2ccccc2c2cc3c4ccccc4n(-c4ccccc4)c3cc21. The van der Waals surface area contributed by atoms with Crippen molar-refractivity contribution in [1.29, 1.82) is 10.5 Å². The van der Waals surface area contributed by atoms with E-state index in [0.717, 1.165) is 94.2 Å². The van der Waals surface area contributed by atoms with Gasteiger partial charge in [0.05, 0.1) is 62.4 Å². The lowest BCUT2D eigenvalue weighted by Gasteiger charge is -2.22. The van der Waals surface area contributed by atoms with E-state index in [9.17, 15) is 10.5 Å². The Morgan fingerprint density at radius 2 is 0.788 bits per heavy atom. The summed E-state index contributed by atoms with van der Waals surface area (Å²) in [6, 6.07) is 79.4. The molecule has 6 heteroatoms. The van der Waals surface area contributed by atoms with Gasteiger partial charge in [0.2, 0.25) is 0 Å². The molecule has 0 aliphatic rings. The smallest absolute Gasteiger partial charge is 0.160 e. The van der Waals surface area contributed by atoms with Crippen LogP contribution in [0.15, 0.2) is 218 Å².